The minimum Gasteiger partial charge on any atom is -0.342 e. The van der Waals surface area contributed by atoms with Gasteiger partial charge in [0, 0.05) is 35.9 Å². The monoisotopic (exact) mass is 518 g/mol. The third kappa shape index (κ3) is 5.13. The van der Waals surface area contributed by atoms with Crippen molar-refractivity contribution >= 4 is 35.2 Å². The van der Waals surface area contributed by atoms with Gasteiger partial charge in [-0.3, -0.25) is 4.79 Å². The summed E-state index contributed by atoms with van der Waals surface area (Å²) < 4.78 is 13.9. The van der Waals surface area contributed by atoms with Gasteiger partial charge in [0.25, 0.3) is 0 Å². The molecule has 5 rings (SSSR count). The second-order valence-corrected chi connectivity index (χ2v) is 10.7. The van der Waals surface area contributed by atoms with E-state index in [4.69, 9.17) is 16.6 Å². The Hall–Kier alpha value is -3.22. The van der Waals surface area contributed by atoms with Gasteiger partial charge < -0.3 is 15.1 Å². The summed E-state index contributed by atoms with van der Waals surface area (Å²) in [6.07, 6.45) is 3.92. The first kappa shape index (κ1) is 25.4. The van der Waals surface area contributed by atoms with Crippen LogP contribution in [0, 0.1) is 26.6 Å². The highest BCUT2D eigenvalue weighted by Gasteiger charge is 2.36. The van der Waals surface area contributed by atoms with Crippen LogP contribution in [-0.4, -0.2) is 43.3 Å². The van der Waals surface area contributed by atoms with Gasteiger partial charge in [0.2, 0.25) is 5.91 Å². The molecule has 192 valence electrons. The predicted molar refractivity (Wildman–Crippen MR) is 150 cm³/mol. The zero-order valence-electron chi connectivity index (χ0n) is 21.7. The molecule has 1 N–H and O–H groups in total. The number of nitrogens with one attached hydrogen (secondary N) is 1. The van der Waals surface area contributed by atoms with Gasteiger partial charge in [-0.2, -0.15) is 0 Å². The first-order valence-electron chi connectivity index (χ1n) is 12.7. The average molecular weight is 519 g/mol. The number of aliphatic imine (C=N–C) groups is 1. The Morgan fingerprint density at radius 2 is 1.89 bits per heavy atom. The van der Waals surface area contributed by atoms with E-state index in [1.807, 2.05) is 61.9 Å². The molecule has 3 aromatic rings. The number of likely N-dealkylation sites (N-methyl/N-ethyl adjacent to an activating group) is 1. The van der Waals surface area contributed by atoms with Crippen molar-refractivity contribution in [2.45, 2.75) is 45.7 Å². The standard InChI is InChI=1S/C30H32ClFN4O/c1-18-10-21(31)14-24(11-18)36-17-34-28-13-20(3)26(25-8-7-22(32)12-19(25)2)15-27(28)29(36)30(37)35(4)16-23-6-5-9-33-23/h7-8,10-15,17,23,29,33H,5-6,9,16H2,1-4H3/t23-,29?/m0/s1. The molecule has 3 aromatic carbocycles. The molecular formula is C30H32ClFN4O. The average Bonchev–Trinajstić information content (AvgIpc) is 3.35. The van der Waals surface area contributed by atoms with Gasteiger partial charge in [0.15, 0.2) is 0 Å². The molecule has 7 heteroatoms. The van der Waals surface area contributed by atoms with Crippen molar-refractivity contribution in [1.29, 1.82) is 0 Å². The summed E-state index contributed by atoms with van der Waals surface area (Å²) in [5.41, 5.74) is 7.17. The molecular weight excluding hydrogens is 487 g/mol. The number of aryl methyl sites for hydroxylation is 3. The molecule has 1 saturated heterocycles. The topological polar surface area (TPSA) is 47.9 Å². The second-order valence-electron chi connectivity index (χ2n) is 10.2. The van der Waals surface area contributed by atoms with E-state index in [2.05, 4.69) is 11.4 Å². The van der Waals surface area contributed by atoms with Gasteiger partial charge in [-0.05, 0) is 110 Å². The van der Waals surface area contributed by atoms with E-state index in [-0.39, 0.29) is 11.7 Å². The van der Waals surface area contributed by atoms with Crippen molar-refractivity contribution < 1.29 is 9.18 Å². The van der Waals surface area contributed by atoms with Crippen molar-refractivity contribution in [3.8, 4) is 11.1 Å². The zero-order chi connectivity index (χ0) is 26.3. The van der Waals surface area contributed by atoms with Crippen molar-refractivity contribution in [2.24, 2.45) is 4.99 Å². The Balaban J connectivity index is 1.62. The SMILES string of the molecule is Cc1cc(Cl)cc(N2C=Nc3cc(C)c(-c4ccc(F)cc4C)cc3C2C(=O)N(C)C[C@@H]2CCCN2)c1. The van der Waals surface area contributed by atoms with Crippen molar-refractivity contribution in [3.05, 3.63) is 81.6 Å². The van der Waals surface area contributed by atoms with Crippen LogP contribution >= 0.6 is 11.6 Å². The van der Waals surface area contributed by atoms with Crippen LogP contribution in [0.5, 0.6) is 0 Å². The zero-order valence-corrected chi connectivity index (χ0v) is 22.4. The highest BCUT2D eigenvalue weighted by molar-refractivity contribution is 6.31. The quantitative estimate of drug-likeness (QED) is 0.419. The number of amides is 1. The molecule has 2 aliphatic rings. The molecule has 1 amide bonds. The number of benzene rings is 3. The summed E-state index contributed by atoms with van der Waals surface area (Å²) in [6.45, 7) is 7.54. The second kappa shape index (κ2) is 10.3. The smallest absolute Gasteiger partial charge is 0.250 e. The minimum absolute atomic E-state index is 0.00985. The number of fused-ring (bicyclic) bond motifs is 1. The van der Waals surface area contributed by atoms with Gasteiger partial charge in [-0.1, -0.05) is 17.7 Å². The summed E-state index contributed by atoms with van der Waals surface area (Å²) in [5, 5.41) is 4.10. The van der Waals surface area contributed by atoms with Gasteiger partial charge in [-0.25, -0.2) is 9.38 Å². The Kier molecular flexibility index (Phi) is 7.06. The molecule has 37 heavy (non-hydrogen) atoms. The fourth-order valence-corrected chi connectivity index (χ4v) is 5.76. The highest BCUT2D eigenvalue weighted by atomic mass is 35.5. The van der Waals surface area contributed by atoms with Crippen LogP contribution in [-0.2, 0) is 4.79 Å². The van der Waals surface area contributed by atoms with Gasteiger partial charge in [0.1, 0.15) is 11.9 Å². The number of halogens is 2. The van der Waals surface area contributed by atoms with Crippen molar-refractivity contribution in [3.63, 3.8) is 0 Å². The maximum absolute atomic E-state index is 14.2. The first-order valence-corrected chi connectivity index (χ1v) is 13.1. The van der Waals surface area contributed by atoms with E-state index in [0.717, 1.165) is 64.1 Å². The number of rotatable bonds is 5. The highest BCUT2D eigenvalue weighted by Crippen LogP contribution is 2.42. The molecule has 2 atom stereocenters. The summed E-state index contributed by atoms with van der Waals surface area (Å²) in [6, 6.07) is 14.3. The number of hydrogen-bond acceptors (Lipinski definition) is 4. The molecule has 2 heterocycles. The lowest BCUT2D eigenvalue weighted by Crippen LogP contribution is -2.46. The van der Waals surface area contributed by atoms with Crippen LogP contribution < -0.4 is 10.2 Å². The lowest BCUT2D eigenvalue weighted by molar-refractivity contribution is -0.131. The Labute approximate surface area is 223 Å². The van der Waals surface area contributed by atoms with E-state index in [1.54, 1.807) is 18.5 Å². The van der Waals surface area contributed by atoms with Crippen LogP contribution in [0.2, 0.25) is 5.02 Å². The summed E-state index contributed by atoms with van der Waals surface area (Å²) in [5.74, 6) is -0.275. The molecule has 0 bridgehead atoms. The van der Waals surface area contributed by atoms with Crippen LogP contribution in [0.1, 0.15) is 41.1 Å². The third-order valence-electron chi connectivity index (χ3n) is 7.34. The van der Waals surface area contributed by atoms with E-state index < -0.39 is 6.04 Å². The van der Waals surface area contributed by atoms with Crippen LogP contribution in [0.15, 0.2) is 53.5 Å². The van der Waals surface area contributed by atoms with Crippen LogP contribution in [0.25, 0.3) is 11.1 Å². The fourth-order valence-electron chi connectivity index (χ4n) is 5.48. The maximum atomic E-state index is 14.2. The third-order valence-corrected chi connectivity index (χ3v) is 7.56. The number of anilines is 1. The van der Waals surface area contributed by atoms with E-state index in [0.29, 0.717) is 17.6 Å². The molecule has 0 aliphatic carbocycles. The number of carbonyl (C=O) groups excluding carboxylic acids is 1. The van der Waals surface area contributed by atoms with Crippen LogP contribution in [0.4, 0.5) is 15.8 Å². The molecule has 5 nitrogen and oxygen atoms in total. The lowest BCUT2D eigenvalue weighted by atomic mass is 9.90. The fraction of sp³-hybridized carbons (Fsp3) is 0.333. The summed E-state index contributed by atoms with van der Waals surface area (Å²) >= 11 is 6.42. The van der Waals surface area contributed by atoms with Gasteiger partial charge in [-0.15, -0.1) is 0 Å². The van der Waals surface area contributed by atoms with Gasteiger partial charge >= 0.3 is 0 Å². The molecule has 0 aromatic heterocycles. The molecule has 1 fully saturated rings. The lowest BCUT2D eigenvalue weighted by Gasteiger charge is -2.36. The molecule has 1 unspecified atom stereocenters. The Morgan fingerprint density at radius 1 is 1.11 bits per heavy atom. The molecule has 0 saturated carbocycles. The van der Waals surface area contributed by atoms with E-state index >= 15 is 0 Å². The number of carbonyl (C=O) groups is 1. The summed E-state index contributed by atoms with van der Waals surface area (Å²) in [4.78, 5) is 22.6. The van der Waals surface area contributed by atoms with E-state index in [9.17, 15) is 9.18 Å². The van der Waals surface area contributed by atoms with Gasteiger partial charge in [0.05, 0.1) is 12.0 Å². The summed E-state index contributed by atoms with van der Waals surface area (Å²) in [7, 11) is 1.87. The molecule has 0 spiro atoms. The molecule has 0 radical (unpaired) electrons. The van der Waals surface area contributed by atoms with Crippen LogP contribution in [0.3, 0.4) is 0 Å². The molecule has 2 aliphatic heterocycles. The van der Waals surface area contributed by atoms with Crippen molar-refractivity contribution in [1.82, 2.24) is 10.2 Å². The number of nitrogens with zero attached hydrogens (tertiary/aromatic N) is 3. The largest absolute Gasteiger partial charge is 0.342 e. The number of hydrogen-bond donors (Lipinski definition) is 1. The minimum atomic E-state index is -0.614. The normalized spacial score (nSPS) is 18.7. The Bertz CT molecular complexity index is 1360. The maximum Gasteiger partial charge on any atom is 0.250 e. The Morgan fingerprint density at radius 3 is 2.59 bits per heavy atom. The van der Waals surface area contributed by atoms with E-state index in [1.165, 1.54) is 6.07 Å². The predicted octanol–water partition coefficient (Wildman–Crippen LogP) is 6.50. The van der Waals surface area contributed by atoms with Crippen molar-refractivity contribution in [2.75, 3.05) is 25.0 Å². The first-order chi connectivity index (χ1) is 17.7.